The van der Waals surface area contributed by atoms with Crippen molar-refractivity contribution in [1.29, 1.82) is 0 Å². The van der Waals surface area contributed by atoms with Crippen LogP contribution in [-0.2, 0) is 0 Å². The topological polar surface area (TPSA) is 0 Å². The zero-order valence-corrected chi connectivity index (χ0v) is 28.3. The van der Waals surface area contributed by atoms with Crippen molar-refractivity contribution in [2.24, 2.45) is 0 Å². The third-order valence-corrected chi connectivity index (χ3v) is 8.51. The van der Waals surface area contributed by atoms with Gasteiger partial charge in [0.2, 0.25) is 0 Å². The minimum absolute atomic E-state index is 0.846. The van der Waals surface area contributed by atoms with Gasteiger partial charge in [0.05, 0.1) is 0 Å². The summed E-state index contributed by atoms with van der Waals surface area (Å²) in [5, 5.41) is 0. The molecular weight excluding hydrogens is 503 g/mol. The van der Waals surface area contributed by atoms with Crippen molar-refractivity contribution < 1.29 is 0 Å². The normalized spacial score (nSPS) is 11.1. The number of unbranched alkanes of at least 4 members (excludes halogenated alkanes) is 30. The average Bonchev–Trinajstić information content (AvgIpc) is 2.93. The maximum absolute atomic E-state index is 5.66. The summed E-state index contributed by atoms with van der Waals surface area (Å²) in [6, 6.07) is 0. The molecule has 0 fully saturated rings. The molecule has 2 heteroatoms. The van der Waals surface area contributed by atoms with Crippen LogP contribution in [0.25, 0.3) is 0 Å². The van der Waals surface area contributed by atoms with E-state index in [1.165, 1.54) is 205 Å². The van der Waals surface area contributed by atoms with Crippen molar-refractivity contribution >= 4 is 23.2 Å². The first-order chi connectivity index (χ1) is 18.8. The molecule has 0 aromatic rings. The van der Waals surface area contributed by atoms with E-state index in [0.717, 1.165) is 11.8 Å². The van der Waals surface area contributed by atoms with Crippen LogP contribution < -0.4 is 0 Å². The summed E-state index contributed by atoms with van der Waals surface area (Å²) in [7, 11) is 0. The molecule has 0 aliphatic rings. The van der Waals surface area contributed by atoms with Gasteiger partial charge in [-0.2, -0.15) is 0 Å². The van der Waals surface area contributed by atoms with Crippen LogP contribution in [0.5, 0.6) is 0 Å². The Bertz CT molecular complexity index is 291. The van der Waals surface area contributed by atoms with Crippen LogP contribution in [-0.4, -0.2) is 11.8 Å². The van der Waals surface area contributed by atoms with E-state index in [-0.39, 0.29) is 0 Å². The quantitative estimate of drug-likeness (QED) is 0.0551. The summed E-state index contributed by atoms with van der Waals surface area (Å²) in [5.41, 5.74) is 0. The Labute approximate surface area is 253 Å². The fraction of sp³-hybridized carbons (Fsp3) is 1.00. The summed E-state index contributed by atoms with van der Waals surface area (Å²) >= 11 is 11.3. The summed E-state index contributed by atoms with van der Waals surface area (Å²) in [4.78, 5) is 0. The van der Waals surface area contributed by atoms with Gasteiger partial charge in [-0.3, -0.25) is 0 Å². The smallest absolute Gasteiger partial charge is 0.0223 e. The highest BCUT2D eigenvalue weighted by atomic mass is 35.5. The molecule has 0 amide bonds. The Morgan fingerprint density at radius 2 is 0.342 bits per heavy atom. The number of halogens is 2. The van der Waals surface area contributed by atoms with Crippen molar-refractivity contribution in [1.82, 2.24) is 0 Å². The van der Waals surface area contributed by atoms with Crippen LogP contribution in [0.15, 0.2) is 0 Å². The van der Waals surface area contributed by atoms with Crippen LogP contribution in [0.1, 0.15) is 219 Å². The maximum atomic E-state index is 5.66. The lowest BCUT2D eigenvalue weighted by Gasteiger charge is -2.03. The summed E-state index contributed by atoms with van der Waals surface area (Å²) in [5.74, 6) is 1.69. The van der Waals surface area contributed by atoms with E-state index in [9.17, 15) is 0 Å². The fourth-order valence-corrected chi connectivity index (χ4v) is 5.66. The Hall–Kier alpha value is 0.580. The predicted molar refractivity (Wildman–Crippen MR) is 181 cm³/mol. The van der Waals surface area contributed by atoms with Crippen molar-refractivity contribution in [3.8, 4) is 0 Å². The van der Waals surface area contributed by atoms with E-state index in [4.69, 9.17) is 23.2 Å². The first-order valence-electron chi connectivity index (χ1n) is 17.9. The zero-order chi connectivity index (χ0) is 28.0. The molecule has 0 aliphatic carbocycles. The van der Waals surface area contributed by atoms with E-state index in [1.807, 2.05) is 0 Å². The molecule has 0 aliphatic heterocycles. The highest BCUT2D eigenvalue weighted by molar-refractivity contribution is 6.18. The highest BCUT2D eigenvalue weighted by Gasteiger charge is 1.95. The molecule has 0 bridgehead atoms. The Morgan fingerprint density at radius 1 is 0.211 bits per heavy atom. The standard InChI is InChI=1S/2C18H37Cl/c2*1-2-3-4-5-6-7-8-9-10-11-12-13-14-15-16-17-18-19/h2*2-18H2,1H3. The lowest BCUT2D eigenvalue weighted by Crippen LogP contribution is -1.83. The SMILES string of the molecule is CCCCCCCCCCCCCCCCCCCl.CCCCCCCCCCCCCCCCCCCl. The third kappa shape index (κ3) is 43.6. The molecule has 0 rings (SSSR count). The van der Waals surface area contributed by atoms with Crippen LogP contribution in [0.3, 0.4) is 0 Å². The number of alkyl halides is 2. The Balaban J connectivity index is 0. The number of rotatable bonds is 32. The third-order valence-electron chi connectivity index (χ3n) is 7.97. The average molecular weight is 578 g/mol. The first kappa shape index (κ1) is 40.7. The van der Waals surface area contributed by atoms with Crippen molar-refractivity contribution in [2.45, 2.75) is 219 Å². The van der Waals surface area contributed by atoms with Crippen molar-refractivity contribution in [3.63, 3.8) is 0 Å². The Morgan fingerprint density at radius 3 is 0.474 bits per heavy atom. The van der Waals surface area contributed by atoms with Crippen LogP contribution >= 0.6 is 23.2 Å². The largest absolute Gasteiger partial charge is 0.127 e. The molecule has 0 aromatic heterocycles. The van der Waals surface area contributed by atoms with Gasteiger partial charge < -0.3 is 0 Å². The summed E-state index contributed by atoms with van der Waals surface area (Å²) < 4.78 is 0. The van der Waals surface area contributed by atoms with Crippen molar-refractivity contribution in [2.75, 3.05) is 11.8 Å². The second-order valence-corrected chi connectivity index (χ2v) is 12.7. The van der Waals surface area contributed by atoms with Gasteiger partial charge in [0.25, 0.3) is 0 Å². The van der Waals surface area contributed by atoms with Crippen LogP contribution in [0.4, 0.5) is 0 Å². The van der Waals surface area contributed by atoms with Crippen LogP contribution in [0.2, 0.25) is 0 Å². The monoisotopic (exact) mass is 577 g/mol. The second-order valence-electron chi connectivity index (χ2n) is 12.0. The second kappa shape index (κ2) is 42.1. The van der Waals surface area contributed by atoms with Gasteiger partial charge in [0, 0.05) is 11.8 Å². The molecule has 232 valence electrons. The Kier molecular flexibility index (Phi) is 45.1. The molecule has 0 saturated carbocycles. The van der Waals surface area contributed by atoms with Crippen molar-refractivity contribution in [3.05, 3.63) is 0 Å². The molecule has 0 N–H and O–H groups in total. The molecule has 0 saturated heterocycles. The van der Waals surface area contributed by atoms with E-state index < -0.39 is 0 Å². The van der Waals surface area contributed by atoms with Gasteiger partial charge in [-0.25, -0.2) is 0 Å². The number of hydrogen-bond donors (Lipinski definition) is 0. The molecule has 0 radical (unpaired) electrons. The van der Waals surface area contributed by atoms with E-state index in [2.05, 4.69) is 13.8 Å². The summed E-state index contributed by atoms with van der Waals surface area (Å²) in [6.45, 7) is 4.58. The van der Waals surface area contributed by atoms with Gasteiger partial charge in [-0.05, 0) is 12.8 Å². The minimum atomic E-state index is 0.846. The molecule has 0 atom stereocenters. The predicted octanol–water partition coefficient (Wildman–Crippen LogP) is 15.0. The molecule has 38 heavy (non-hydrogen) atoms. The molecule has 0 nitrogen and oxygen atoms in total. The molecule has 0 heterocycles. The first-order valence-corrected chi connectivity index (χ1v) is 19.0. The molecular formula is C36H74Cl2. The van der Waals surface area contributed by atoms with Gasteiger partial charge in [0.1, 0.15) is 0 Å². The number of hydrogen-bond acceptors (Lipinski definition) is 0. The summed E-state index contributed by atoms with van der Waals surface area (Å²) in [6.07, 6.45) is 45.6. The van der Waals surface area contributed by atoms with E-state index in [0.29, 0.717) is 0 Å². The lowest BCUT2D eigenvalue weighted by atomic mass is 10.0. The van der Waals surface area contributed by atoms with Gasteiger partial charge in [0.15, 0.2) is 0 Å². The minimum Gasteiger partial charge on any atom is -0.127 e. The fourth-order valence-electron chi connectivity index (χ4n) is 5.29. The highest BCUT2D eigenvalue weighted by Crippen LogP contribution is 2.15. The maximum Gasteiger partial charge on any atom is 0.0223 e. The van der Waals surface area contributed by atoms with Gasteiger partial charge in [-0.15, -0.1) is 23.2 Å². The lowest BCUT2D eigenvalue weighted by molar-refractivity contribution is 0.531. The molecule has 0 aromatic carbocycles. The zero-order valence-electron chi connectivity index (χ0n) is 26.8. The van der Waals surface area contributed by atoms with Gasteiger partial charge >= 0.3 is 0 Å². The molecule has 0 spiro atoms. The van der Waals surface area contributed by atoms with E-state index >= 15 is 0 Å². The molecule has 0 unspecified atom stereocenters. The van der Waals surface area contributed by atoms with E-state index in [1.54, 1.807) is 0 Å². The van der Waals surface area contributed by atoms with Gasteiger partial charge in [-0.1, -0.05) is 206 Å². The van der Waals surface area contributed by atoms with Crippen LogP contribution in [0, 0.1) is 0 Å².